The minimum Gasteiger partial charge on any atom is -0.407 e. The molecule has 3 heterocycles. The predicted octanol–water partition coefficient (Wildman–Crippen LogP) is 3.58. The van der Waals surface area contributed by atoms with Crippen molar-refractivity contribution >= 4 is 44.8 Å². The van der Waals surface area contributed by atoms with Gasteiger partial charge in [0, 0.05) is 4.88 Å². The molecule has 0 aliphatic heterocycles. The third-order valence-electron chi connectivity index (χ3n) is 3.08. The molecule has 8 heteroatoms. The van der Waals surface area contributed by atoms with Gasteiger partial charge in [0.05, 0.1) is 16.6 Å². The van der Waals surface area contributed by atoms with Crippen molar-refractivity contribution in [3.63, 3.8) is 0 Å². The maximum atomic E-state index is 12.2. The first-order valence-electron chi connectivity index (χ1n) is 6.79. The molecule has 4 aromatic rings. The number of para-hydroxylation sites is 1. The molecule has 0 saturated carbocycles. The van der Waals surface area contributed by atoms with Gasteiger partial charge in [-0.15, -0.1) is 27.8 Å². The number of amides is 1. The van der Waals surface area contributed by atoms with Gasteiger partial charge in [-0.2, -0.15) is 0 Å². The second kappa shape index (κ2) is 5.90. The molecule has 23 heavy (non-hydrogen) atoms. The highest BCUT2D eigenvalue weighted by atomic mass is 32.1. The van der Waals surface area contributed by atoms with Crippen molar-refractivity contribution in [1.82, 2.24) is 15.2 Å². The molecule has 3 aromatic heterocycles. The molecule has 0 spiro atoms. The van der Waals surface area contributed by atoms with E-state index < -0.39 is 0 Å². The number of carbonyl (C=O) groups excluding carboxylic acids is 1. The van der Waals surface area contributed by atoms with Gasteiger partial charge in [-0.05, 0) is 23.6 Å². The first kappa shape index (κ1) is 14.0. The first-order chi connectivity index (χ1) is 11.3. The number of thiophene rings is 1. The maximum Gasteiger partial charge on any atom is 0.322 e. The Morgan fingerprint density at radius 3 is 2.91 bits per heavy atom. The van der Waals surface area contributed by atoms with E-state index in [9.17, 15) is 4.79 Å². The van der Waals surface area contributed by atoms with Crippen molar-refractivity contribution in [3.05, 3.63) is 57.6 Å². The summed E-state index contributed by atoms with van der Waals surface area (Å²) in [6.07, 6.45) is 0.557. The van der Waals surface area contributed by atoms with E-state index in [4.69, 9.17) is 4.42 Å². The summed E-state index contributed by atoms with van der Waals surface area (Å²) in [5, 5.41) is 12.7. The highest BCUT2D eigenvalue weighted by Gasteiger charge is 2.16. The van der Waals surface area contributed by atoms with Crippen molar-refractivity contribution in [2.45, 2.75) is 6.42 Å². The Balaban J connectivity index is 1.49. The summed E-state index contributed by atoms with van der Waals surface area (Å²) in [7, 11) is 0. The molecule has 6 nitrogen and oxygen atoms in total. The summed E-state index contributed by atoms with van der Waals surface area (Å²) in [5.41, 5.74) is 0.798. The molecule has 0 atom stereocenters. The van der Waals surface area contributed by atoms with E-state index >= 15 is 0 Å². The first-order valence-corrected chi connectivity index (χ1v) is 8.49. The van der Waals surface area contributed by atoms with E-state index in [1.165, 1.54) is 11.3 Å². The normalized spacial score (nSPS) is 11.0. The van der Waals surface area contributed by atoms with Crippen LogP contribution >= 0.6 is 22.7 Å². The molecule has 0 bridgehead atoms. The molecule has 1 N–H and O–H groups in total. The minimum atomic E-state index is -0.350. The Bertz CT molecular complexity index is 926. The zero-order valence-corrected chi connectivity index (χ0v) is 13.4. The second-order valence-electron chi connectivity index (χ2n) is 4.70. The van der Waals surface area contributed by atoms with E-state index in [2.05, 4.69) is 20.5 Å². The van der Waals surface area contributed by atoms with Gasteiger partial charge in [-0.3, -0.25) is 10.1 Å². The number of carbonyl (C=O) groups is 1. The molecular weight excluding hydrogens is 332 g/mol. The SMILES string of the molecule is O=C(Nc1nnc(Cc2cccs2)o1)c1nc2ccccc2s1. The van der Waals surface area contributed by atoms with Crippen LogP contribution in [0.3, 0.4) is 0 Å². The smallest absolute Gasteiger partial charge is 0.322 e. The maximum absolute atomic E-state index is 12.2. The quantitative estimate of drug-likeness (QED) is 0.613. The summed E-state index contributed by atoms with van der Waals surface area (Å²) in [4.78, 5) is 17.6. The Hall–Kier alpha value is -2.58. The fraction of sp³-hybridized carbons (Fsp3) is 0.0667. The lowest BCUT2D eigenvalue weighted by molar-refractivity contribution is 0.102. The fourth-order valence-corrected chi connectivity index (χ4v) is 3.61. The van der Waals surface area contributed by atoms with Crippen LogP contribution in [0.5, 0.6) is 0 Å². The van der Waals surface area contributed by atoms with Crippen molar-refractivity contribution < 1.29 is 9.21 Å². The molecule has 0 unspecified atom stereocenters. The van der Waals surface area contributed by atoms with Crippen molar-refractivity contribution in [1.29, 1.82) is 0 Å². The van der Waals surface area contributed by atoms with Gasteiger partial charge in [-0.1, -0.05) is 23.3 Å². The number of hydrogen-bond acceptors (Lipinski definition) is 7. The van der Waals surface area contributed by atoms with Crippen LogP contribution in [0.15, 0.2) is 46.2 Å². The highest BCUT2D eigenvalue weighted by Crippen LogP contribution is 2.22. The van der Waals surface area contributed by atoms with Crippen LogP contribution in [-0.4, -0.2) is 21.1 Å². The monoisotopic (exact) mass is 342 g/mol. The standard InChI is InChI=1S/C15H10N4O2S2/c20-13(14-16-10-5-1-2-6-11(10)23-14)17-15-19-18-12(21-15)8-9-4-3-7-22-9/h1-7H,8H2,(H,17,19,20). The van der Waals surface area contributed by atoms with E-state index in [-0.39, 0.29) is 11.9 Å². The van der Waals surface area contributed by atoms with Crippen LogP contribution in [0.4, 0.5) is 6.01 Å². The average molecular weight is 342 g/mol. The number of thiazole rings is 1. The number of rotatable bonds is 4. The van der Waals surface area contributed by atoms with Crippen LogP contribution in [0, 0.1) is 0 Å². The number of hydrogen-bond donors (Lipinski definition) is 1. The fourth-order valence-electron chi connectivity index (χ4n) is 2.06. The molecule has 4 rings (SSSR count). The number of benzene rings is 1. The summed E-state index contributed by atoms with van der Waals surface area (Å²) in [5.74, 6) is 0.115. The molecule has 0 saturated heterocycles. The lowest BCUT2D eigenvalue weighted by atomic mass is 10.3. The van der Waals surface area contributed by atoms with Gasteiger partial charge in [0.25, 0.3) is 5.91 Å². The molecule has 0 fully saturated rings. The van der Waals surface area contributed by atoms with Crippen LogP contribution in [0.1, 0.15) is 20.6 Å². The largest absolute Gasteiger partial charge is 0.407 e. The van der Waals surface area contributed by atoms with E-state index in [0.717, 1.165) is 15.1 Å². The molecule has 114 valence electrons. The number of aromatic nitrogens is 3. The molecule has 1 amide bonds. The molecular formula is C15H10N4O2S2. The van der Waals surface area contributed by atoms with E-state index in [0.29, 0.717) is 17.3 Å². The van der Waals surface area contributed by atoms with Crippen molar-refractivity contribution in [2.24, 2.45) is 0 Å². The number of anilines is 1. The lowest BCUT2D eigenvalue weighted by Crippen LogP contribution is -2.11. The van der Waals surface area contributed by atoms with Crippen molar-refractivity contribution in [2.75, 3.05) is 5.32 Å². The summed E-state index contributed by atoms with van der Waals surface area (Å²) >= 11 is 2.94. The Morgan fingerprint density at radius 1 is 1.17 bits per heavy atom. The summed E-state index contributed by atoms with van der Waals surface area (Å²) in [6.45, 7) is 0. The Labute approximate surface area is 138 Å². The third-order valence-corrected chi connectivity index (χ3v) is 4.99. The summed E-state index contributed by atoms with van der Waals surface area (Å²) in [6, 6.07) is 11.6. The topological polar surface area (TPSA) is 80.9 Å². The van der Waals surface area contributed by atoms with E-state index in [1.54, 1.807) is 11.3 Å². The average Bonchev–Trinajstić information content (AvgIpc) is 3.28. The molecule has 0 aliphatic carbocycles. The molecule has 0 radical (unpaired) electrons. The second-order valence-corrected chi connectivity index (χ2v) is 6.76. The van der Waals surface area contributed by atoms with Gasteiger partial charge in [0.1, 0.15) is 0 Å². The van der Waals surface area contributed by atoms with Crippen LogP contribution in [-0.2, 0) is 6.42 Å². The predicted molar refractivity (Wildman–Crippen MR) is 89.0 cm³/mol. The number of nitrogens with zero attached hydrogens (tertiary/aromatic N) is 3. The van der Waals surface area contributed by atoms with Gasteiger partial charge >= 0.3 is 6.01 Å². The van der Waals surface area contributed by atoms with Gasteiger partial charge in [-0.25, -0.2) is 4.98 Å². The Morgan fingerprint density at radius 2 is 2.09 bits per heavy atom. The molecule has 1 aromatic carbocycles. The van der Waals surface area contributed by atoms with Gasteiger partial charge in [0.2, 0.25) is 5.89 Å². The van der Waals surface area contributed by atoms with Crippen LogP contribution < -0.4 is 5.32 Å². The zero-order chi connectivity index (χ0) is 15.6. The van der Waals surface area contributed by atoms with Crippen molar-refractivity contribution in [3.8, 4) is 0 Å². The zero-order valence-electron chi connectivity index (χ0n) is 11.7. The third kappa shape index (κ3) is 2.99. The summed E-state index contributed by atoms with van der Waals surface area (Å²) < 4.78 is 6.41. The number of nitrogens with one attached hydrogen (secondary N) is 1. The van der Waals surface area contributed by atoms with Crippen LogP contribution in [0.2, 0.25) is 0 Å². The molecule has 0 aliphatic rings. The number of fused-ring (bicyclic) bond motifs is 1. The van der Waals surface area contributed by atoms with Gasteiger partial charge in [0.15, 0.2) is 5.01 Å². The van der Waals surface area contributed by atoms with Crippen LogP contribution in [0.25, 0.3) is 10.2 Å². The van der Waals surface area contributed by atoms with Gasteiger partial charge < -0.3 is 4.42 Å². The lowest BCUT2D eigenvalue weighted by Gasteiger charge is -1.95. The highest BCUT2D eigenvalue weighted by molar-refractivity contribution is 7.20. The van der Waals surface area contributed by atoms with E-state index in [1.807, 2.05) is 41.8 Å². The Kier molecular flexibility index (Phi) is 3.60. The minimum absolute atomic E-state index is 0.0841.